The van der Waals surface area contributed by atoms with Crippen LogP contribution in [0.5, 0.6) is 0 Å². The maximum absolute atomic E-state index is 12.8. The molecule has 8 heteroatoms. The topological polar surface area (TPSA) is 72.3 Å². The average molecular weight is 317 g/mol. The summed E-state index contributed by atoms with van der Waals surface area (Å²) in [6.45, 7) is 6.25. The summed E-state index contributed by atoms with van der Waals surface area (Å²) in [6, 6.07) is 1.82. The highest BCUT2D eigenvalue weighted by molar-refractivity contribution is 7.86. The van der Waals surface area contributed by atoms with E-state index >= 15 is 0 Å². The number of amides is 1. The molecule has 118 valence electrons. The summed E-state index contributed by atoms with van der Waals surface area (Å²) in [4.78, 5) is 13.5. The standard InChI is InChI=1S/C13H20FN3O3S/c1-13(2,3)10-6-11(16(4)15-10)17-7-9(5-12(17)18)8-21(14,19)20/h6,9H,5,7-8H2,1-4H3. The molecule has 1 atom stereocenters. The Balaban J connectivity index is 2.23. The summed E-state index contributed by atoms with van der Waals surface area (Å²) in [7, 11) is -2.83. The van der Waals surface area contributed by atoms with Gasteiger partial charge < -0.3 is 0 Å². The fourth-order valence-electron chi connectivity index (χ4n) is 2.47. The fraction of sp³-hybridized carbons (Fsp3) is 0.692. The first kappa shape index (κ1) is 15.9. The largest absolute Gasteiger partial charge is 0.302 e. The first-order chi connectivity index (χ1) is 9.47. The summed E-state index contributed by atoms with van der Waals surface area (Å²) in [5.74, 6) is -0.713. The van der Waals surface area contributed by atoms with Gasteiger partial charge >= 0.3 is 10.2 Å². The Morgan fingerprint density at radius 3 is 2.52 bits per heavy atom. The molecule has 0 N–H and O–H groups in total. The first-order valence-corrected chi connectivity index (χ1v) is 8.30. The van der Waals surface area contributed by atoms with Crippen LogP contribution in [0.1, 0.15) is 32.9 Å². The second-order valence-corrected chi connectivity index (χ2v) is 7.95. The molecular weight excluding hydrogens is 297 g/mol. The molecule has 1 amide bonds. The monoisotopic (exact) mass is 317 g/mol. The minimum absolute atomic E-state index is 0.0409. The van der Waals surface area contributed by atoms with Gasteiger partial charge in [-0.2, -0.15) is 13.5 Å². The van der Waals surface area contributed by atoms with E-state index in [1.54, 1.807) is 11.7 Å². The lowest BCUT2D eigenvalue weighted by molar-refractivity contribution is -0.117. The second kappa shape index (κ2) is 5.08. The summed E-state index contributed by atoms with van der Waals surface area (Å²) in [5.41, 5.74) is 0.690. The molecule has 2 heterocycles. The fourth-order valence-corrected chi connectivity index (χ4v) is 3.26. The molecule has 0 spiro atoms. The molecule has 1 unspecified atom stereocenters. The van der Waals surface area contributed by atoms with Gasteiger partial charge in [-0.1, -0.05) is 20.8 Å². The maximum atomic E-state index is 12.8. The zero-order valence-corrected chi connectivity index (χ0v) is 13.4. The van der Waals surface area contributed by atoms with Crippen molar-refractivity contribution in [3.8, 4) is 0 Å². The van der Waals surface area contributed by atoms with Gasteiger partial charge in [0.2, 0.25) is 5.91 Å². The third kappa shape index (κ3) is 3.61. The number of carbonyl (C=O) groups is 1. The third-order valence-corrected chi connectivity index (χ3v) is 4.41. The van der Waals surface area contributed by atoms with Crippen molar-refractivity contribution in [2.75, 3.05) is 17.2 Å². The van der Waals surface area contributed by atoms with E-state index in [9.17, 15) is 17.1 Å². The summed E-state index contributed by atoms with van der Waals surface area (Å²) >= 11 is 0. The number of hydrogen-bond acceptors (Lipinski definition) is 4. The van der Waals surface area contributed by atoms with Crippen LogP contribution in [0.4, 0.5) is 9.70 Å². The van der Waals surface area contributed by atoms with Gasteiger partial charge in [-0.3, -0.25) is 14.4 Å². The molecule has 2 rings (SSSR count). The van der Waals surface area contributed by atoms with Crippen LogP contribution in [0.3, 0.4) is 0 Å². The molecule has 1 fully saturated rings. The van der Waals surface area contributed by atoms with E-state index in [0.29, 0.717) is 5.82 Å². The Hall–Kier alpha value is -1.44. The van der Waals surface area contributed by atoms with Crippen molar-refractivity contribution < 1.29 is 17.1 Å². The van der Waals surface area contributed by atoms with Crippen molar-refractivity contribution in [2.45, 2.75) is 32.6 Å². The highest BCUT2D eigenvalue weighted by Gasteiger charge is 2.35. The normalized spacial score (nSPS) is 20.3. The van der Waals surface area contributed by atoms with Gasteiger partial charge in [0.1, 0.15) is 5.82 Å². The van der Waals surface area contributed by atoms with Gasteiger partial charge in [-0.05, 0) is 0 Å². The van der Waals surface area contributed by atoms with Crippen LogP contribution in [0.2, 0.25) is 0 Å². The Morgan fingerprint density at radius 1 is 1.43 bits per heavy atom. The molecule has 21 heavy (non-hydrogen) atoms. The average Bonchev–Trinajstić information content (AvgIpc) is 2.79. The minimum Gasteiger partial charge on any atom is -0.297 e. The molecule has 1 saturated heterocycles. The smallest absolute Gasteiger partial charge is 0.297 e. The highest BCUT2D eigenvalue weighted by Crippen LogP contribution is 2.30. The Morgan fingerprint density at radius 2 is 2.05 bits per heavy atom. The van der Waals surface area contributed by atoms with Gasteiger partial charge in [0.15, 0.2) is 0 Å². The van der Waals surface area contributed by atoms with E-state index in [4.69, 9.17) is 0 Å². The molecular formula is C13H20FN3O3S. The van der Waals surface area contributed by atoms with Crippen LogP contribution in [-0.4, -0.2) is 36.4 Å². The van der Waals surface area contributed by atoms with E-state index in [0.717, 1.165) is 5.69 Å². The van der Waals surface area contributed by atoms with Gasteiger partial charge in [0.05, 0.1) is 11.4 Å². The molecule has 6 nitrogen and oxygen atoms in total. The van der Waals surface area contributed by atoms with E-state index in [1.165, 1.54) is 4.90 Å². The lowest BCUT2D eigenvalue weighted by Crippen LogP contribution is -2.27. The molecule has 0 aliphatic carbocycles. The predicted octanol–water partition coefficient (Wildman–Crippen LogP) is 1.37. The lowest BCUT2D eigenvalue weighted by Gasteiger charge is -2.16. The number of rotatable bonds is 3. The molecule has 0 saturated carbocycles. The zero-order valence-electron chi connectivity index (χ0n) is 12.6. The number of aryl methyl sites for hydroxylation is 1. The van der Waals surface area contributed by atoms with Crippen molar-refractivity contribution in [3.05, 3.63) is 11.8 Å². The second-order valence-electron chi connectivity index (χ2n) is 6.54. The Kier molecular flexibility index (Phi) is 3.86. The lowest BCUT2D eigenvalue weighted by atomic mass is 9.92. The summed E-state index contributed by atoms with van der Waals surface area (Å²) < 4.78 is 35.8. The van der Waals surface area contributed by atoms with Crippen molar-refractivity contribution in [2.24, 2.45) is 13.0 Å². The van der Waals surface area contributed by atoms with Crippen LogP contribution in [0, 0.1) is 5.92 Å². The number of nitrogens with zero attached hydrogens (tertiary/aromatic N) is 3. The van der Waals surface area contributed by atoms with Crippen LogP contribution < -0.4 is 4.90 Å². The van der Waals surface area contributed by atoms with Crippen molar-refractivity contribution >= 4 is 21.9 Å². The molecule has 0 radical (unpaired) electrons. The zero-order chi connectivity index (χ0) is 16.0. The SMILES string of the molecule is Cn1nc(C(C)(C)C)cc1N1CC(CS(=O)(=O)F)CC1=O. The van der Waals surface area contributed by atoms with Gasteiger partial charge in [0, 0.05) is 37.4 Å². The van der Waals surface area contributed by atoms with Crippen LogP contribution >= 0.6 is 0 Å². The third-order valence-electron chi connectivity index (χ3n) is 3.54. The van der Waals surface area contributed by atoms with E-state index in [2.05, 4.69) is 5.10 Å². The van der Waals surface area contributed by atoms with Crippen LogP contribution in [0.25, 0.3) is 0 Å². The molecule has 1 aromatic rings. The summed E-state index contributed by atoms with van der Waals surface area (Å²) in [6.07, 6.45) is 0.0409. The highest BCUT2D eigenvalue weighted by atomic mass is 32.3. The molecule has 1 aliphatic rings. The molecule has 1 aromatic heterocycles. The molecule has 0 aromatic carbocycles. The van der Waals surface area contributed by atoms with Crippen molar-refractivity contribution in [1.29, 1.82) is 0 Å². The van der Waals surface area contributed by atoms with Gasteiger partial charge in [0.25, 0.3) is 0 Å². The number of carbonyl (C=O) groups excluding carboxylic acids is 1. The van der Waals surface area contributed by atoms with E-state index in [-0.39, 0.29) is 24.3 Å². The first-order valence-electron chi connectivity index (χ1n) is 6.74. The van der Waals surface area contributed by atoms with Crippen molar-refractivity contribution in [3.63, 3.8) is 0 Å². The predicted molar refractivity (Wildman–Crippen MR) is 77.3 cm³/mol. The van der Waals surface area contributed by atoms with Crippen LogP contribution in [-0.2, 0) is 27.5 Å². The molecule has 0 bridgehead atoms. The number of hydrogen-bond donors (Lipinski definition) is 0. The van der Waals surface area contributed by atoms with E-state index < -0.39 is 21.9 Å². The molecule has 1 aliphatic heterocycles. The maximum Gasteiger partial charge on any atom is 0.302 e. The Labute approximate surface area is 124 Å². The number of halogens is 1. The Bertz CT molecular complexity index is 661. The van der Waals surface area contributed by atoms with E-state index in [1.807, 2.05) is 26.8 Å². The minimum atomic E-state index is -4.57. The number of anilines is 1. The van der Waals surface area contributed by atoms with Crippen LogP contribution in [0.15, 0.2) is 6.07 Å². The summed E-state index contributed by atoms with van der Waals surface area (Å²) in [5, 5.41) is 4.39. The van der Waals surface area contributed by atoms with Gasteiger partial charge in [-0.25, -0.2) is 0 Å². The van der Waals surface area contributed by atoms with Crippen molar-refractivity contribution in [1.82, 2.24) is 9.78 Å². The number of aromatic nitrogens is 2. The van der Waals surface area contributed by atoms with Gasteiger partial charge in [-0.15, -0.1) is 3.89 Å². The quantitative estimate of drug-likeness (QED) is 0.789.